The van der Waals surface area contributed by atoms with E-state index in [-0.39, 0.29) is 18.8 Å². The van der Waals surface area contributed by atoms with Crippen molar-refractivity contribution in [2.75, 3.05) is 0 Å². The summed E-state index contributed by atoms with van der Waals surface area (Å²) >= 11 is 0. The van der Waals surface area contributed by atoms with E-state index in [9.17, 15) is 19.2 Å². The van der Waals surface area contributed by atoms with Crippen LogP contribution in [0.5, 0.6) is 0 Å². The molecule has 102 valence electrons. The van der Waals surface area contributed by atoms with Gasteiger partial charge in [-0.3, -0.25) is 14.4 Å². The molecule has 2 atom stereocenters. The first kappa shape index (κ1) is 16.1. The molecule has 0 aliphatic rings. The largest absolute Gasteiger partial charge is 0.368 e. The van der Waals surface area contributed by atoms with E-state index < -0.39 is 23.9 Å². The number of carbonyl (C=O) groups is 4. The third kappa shape index (κ3) is 5.42. The van der Waals surface area contributed by atoms with Crippen molar-refractivity contribution >= 4 is 24.5 Å². The number of nitrogens with one attached hydrogen (secondary N) is 2. The second-order valence-corrected chi connectivity index (χ2v) is 4.21. The highest BCUT2D eigenvalue weighted by atomic mass is 16.2. The Kier molecular flexibility index (Phi) is 7.34. The van der Waals surface area contributed by atoms with Gasteiger partial charge in [-0.1, -0.05) is 13.8 Å². The maximum absolute atomic E-state index is 11.8. The predicted octanol–water partition coefficient (Wildman–Crippen LogP) is -1.29. The molecule has 0 saturated heterocycles. The van der Waals surface area contributed by atoms with Crippen LogP contribution in [0.15, 0.2) is 0 Å². The van der Waals surface area contributed by atoms with E-state index in [4.69, 9.17) is 5.73 Å². The van der Waals surface area contributed by atoms with E-state index in [2.05, 4.69) is 10.6 Å². The van der Waals surface area contributed by atoms with Crippen molar-refractivity contribution in [2.45, 2.75) is 38.8 Å². The molecule has 0 rings (SSSR count). The highest BCUT2D eigenvalue weighted by Crippen LogP contribution is 2.03. The lowest BCUT2D eigenvalue weighted by molar-refractivity contribution is -0.130. The summed E-state index contributed by atoms with van der Waals surface area (Å²) in [6.45, 7) is 3.48. The minimum Gasteiger partial charge on any atom is -0.368 e. The lowest BCUT2D eigenvalue weighted by atomic mass is 10.0. The van der Waals surface area contributed by atoms with Gasteiger partial charge >= 0.3 is 0 Å². The van der Waals surface area contributed by atoms with Crippen LogP contribution in [-0.2, 0) is 19.2 Å². The van der Waals surface area contributed by atoms with Gasteiger partial charge in [-0.2, -0.15) is 0 Å². The molecule has 4 N–H and O–H groups in total. The number of rotatable bonds is 9. The molecule has 7 nitrogen and oxygen atoms in total. The molecule has 18 heavy (non-hydrogen) atoms. The standard InChI is InChI=1S/C11H19N3O4/c1-7(2)9(10(12)17)14-11(18)8(13-6-16)4-3-5-15/h5-9H,3-4H2,1-2H3,(H2,12,17)(H,13,16)(H,14,18). The average Bonchev–Trinajstić information content (AvgIpc) is 2.30. The molecule has 0 aliphatic heterocycles. The van der Waals surface area contributed by atoms with Crippen molar-refractivity contribution in [3.8, 4) is 0 Å². The van der Waals surface area contributed by atoms with Gasteiger partial charge in [0.2, 0.25) is 18.2 Å². The molecular weight excluding hydrogens is 238 g/mol. The Morgan fingerprint density at radius 1 is 1.28 bits per heavy atom. The van der Waals surface area contributed by atoms with E-state index in [1.54, 1.807) is 13.8 Å². The topological polar surface area (TPSA) is 118 Å². The smallest absolute Gasteiger partial charge is 0.243 e. The first-order valence-electron chi connectivity index (χ1n) is 5.67. The van der Waals surface area contributed by atoms with Crippen LogP contribution in [0.1, 0.15) is 26.7 Å². The Labute approximate surface area is 105 Å². The molecule has 0 heterocycles. The molecule has 0 aliphatic carbocycles. The zero-order valence-electron chi connectivity index (χ0n) is 10.5. The number of hydrogen-bond acceptors (Lipinski definition) is 4. The molecule has 2 unspecified atom stereocenters. The van der Waals surface area contributed by atoms with Crippen LogP contribution in [0.2, 0.25) is 0 Å². The first-order valence-corrected chi connectivity index (χ1v) is 5.67. The zero-order valence-corrected chi connectivity index (χ0v) is 10.5. The van der Waals surface area contributed by atoms with Crippen LogP contribution >= 0.6 is 0 Å². The Morgan fingerprint density at radius 2 is 1.89 bits per heavy atom. The van der Waals surface area contributed by atoms with Gasteiger partial charge in [-0.25, -0.2) is 0 Å². The number of amides is 3. The summed E-state index contributed by atoms with van der Waals surface area (Å²) in [5.74, 6) is -1.32. The molecule has 3 amide bonds. The fourth-order valence-corrected chi connectivity index (χ4v) is 1.43. The van der Waals surface area contributed by atoms with Gasteiger partial charge in [0, 0.05) is 6.42 Å². The normalized spacial score (nSPS) is 13.5. The molecular formula is C11H19N3O4. The maximum Gasteiger partial charge on any atom is 0.243 e. The van der Waals surface area contributed by atoms with Gasteiger partial charge in [0.25, 0.3) is 0 Å². The van der Waals surface area contributed by atoms with Crippen LogP contribution in [0.4, 0.5) is 0 Å². The number of aldehydes is 1. The molecule has 0 spiro atoms. The van der Waals surface area contributed by atoms with Gasteiger partial charge in [-0.05, 0) is 12.3 Å². The third-order valence-electron chi connectivity index (χ3n) is 2.43. The van der Waals surface area contributed by atoms with Crippen LogP contribution in [0.25, 0.3) is 0 Å². The lowest BCUT2D eigenvalue weighted by Crippen LogP contribution is -2.53. The van der Waals surface area contributed by atoms with Crippen molar-refractivity contribution in [1.82, 2.24) is 10.6 Å². The number of primary amides is 1. The van der Waals surface area contributed by atoms with Crippen molar-refractivity contribution in [2.24, 2.45) is 11.7 Å². The average molecular weight is 257 g/mol. The summed E-state index contributed by atoms with van der Waals surface area (Å²) < 4.78 is 0. The third-order valence-corrected chi connectivity index (χ3v) is 2.43. The highest BCUT2D eigenvalue weighted by molar-refractivity contribution is 5.90. The van der Waals surface area contributed by atoms with Gasteiger partial charge < -0.3 is 21.2 Å². The minimum atomic E-state index is -0.840. The van der Waals surface area contributed by atoms with Crippen molar-refractivity contribution in [3.05, 3.63) is 0 Å². The van der Waals surface area contributed by atoms with Crippen molar-refractivity contribution in [1.29, 1.82) is 0 Å². The van der Waals surface area contributed by atoms with Gasteiger partial charge in [-0.15, -0.1) is 0 Å². The second kappa shape index (κ2) is 8.21. The van der Waals surface area contributed by atoms with Crippen LogP contribution in [-0.4, -0.2) is 36.6 Å². The van der Waals surface area contributed by atoms with Gasteiger partial charge in [0.15, 0.2) is 0 Å². The molecule has 0 radical (unpaired) electrons. The Bertz CT molecular complexity index is 317. The van der Waals surface area contributed by atoms with Crippen LogP contribution in [0.3, 0.4) is 0 Å². The number of carbonyl (C=O) groups excluding carboxylic acids is 4. The molecule has 0 bridgehead atoms. The Morgan fingerprint density at radius 3 is 2.28 bits per heavy atom. The second-order valence-electron chi connectivity index (χ2n) is 4.21. The summed E-state index contributed by atoms with van der Waals surface area (Å²) in [5.41, 5.74) is 5.16. The summed E-state index contributed by atoms with van der Waals surface area (Å²) in [5, 5.41) is 4.76. The molecule has 0 aromatic rings. The Balaban J connectivity index is 4.59. The number of nitrogens with two attached hydrogens (primary N) is 1. The van der Waals surface area contributed by atoms with Gasteiger partial charge in [0.1, 0.15) is 18.4 Å². The lowest BCUT2D eigenvalue weighted by Gasteiger charge is -2.22. The monoisotopic (exact) mass is 257 g/mol. The van der Waals surface area contributed by atoms with Crippen LogP contribution in [0, 0.1) is 5.92 Å². The molecule has 0 saturated carbocycles. The summed E-state index contributed by atoms with van der Waals surface area (Å²) in [6.07, 6.45) is 1.35. The fourth-order valence-electron chi connectivity index (χ4n) is 1.43. The molecule has 0 aromatic heterocycles. The maximum atomic E-state index is 11.8. The Hall–Kier alpha value is -1.92. The predicted molar refractivity (Wildman–Crippen MR) is 64.2 cm³/mol. The molecule has 7 heteroatoms. The quantitative estimate of drug-likeness (QED) is 0.445. The van der Waals surface area contributed by atoms with Crippen LogP contribution < -0.4 is 16.4 Å². The van der Waals surface area contributed by atoms with Crippen molar-refractivity contribution in [3.63, 3.8) is 0 Å². The minimum absolute atomic E-state index is 0.141. The zero-order chi connectivity index (χ0) is 14.1. The van der Waals surface area contributed by atoms with E-state index >= 15 is 0 Å². The van der Waals surface area contributed by atoms with Crippen molar-refractivity contribution < 1.29 is 19.2 Å². The fraction of sp³-hybridized carbons (Fsp3) is 0.636. The SMILES string of the molecule is CC(C)C(NC(=O)C(CCC=O)NC=O)C(N)=O. The van der Waals surface area contributed by atoms with Gasteiger partial charge in [0.05, 0.1) is 0 Å². The molecule has 0 fully saturated rings. The van der Waals surface area contributed by atoms with E-state index in [1.807, 2.05) is 0 Å². The van der Waals surface area contributed by atoms with E-state index in [0.717, 1.165) is 0 Å². The summed E-state index contributed by atoms with van der Waals surface area (Å²) in [4.78, 5) is 43.6. The number of hydrogen-bond donors (Lipinski definition) is 3. The summed E-state index contributed by atoms with van der Waals surface area (Å²) in [7, 11) is 0. The molecule has 0 aromatic carbocycles. The van der Waals surface area contributed by atoms with E-state index in [0.29, 0.717) is 12.7 Å². The highest BCUT2D eigenvalue weighted by Gasteiger charge is 2.25. The summed E-state index contributed by atoms with van der Waals surface area (Å²) in [6, 6.07) is -1.64. The first-order chi connectivity index (χ1) is 8.43. The van der Waals surface area contributed by atoms with E-state index in [1.165, 1.54) is 0 Å².